The number of hydrogen-bond acceptors (Lipinski definition) is 5. The summed E-state index contributed by atoms with van der Waals surface area (Å²) in [5.74, 6) is 2.27. The average molecular weight is 306 g/mol. The van der Waals surface area contributed by atoms with Crippen molar-refractivity contribution in [2.45, 2.75) is 38.9 Å². The molecule has 0 unspecified atom stereocenters. The zero-order valence-electron chi connectivity index (χ0n) is 13.7. The van der Waals surface area contributed by atoms with Crippen molar-refractivity contribution in [3.05, 3.63) is 17.7 Å². The predicted octanol–water partition coefficient (Wildman–Crippen LogP) is 2.04. The molecule has 2 aliphatic heterocycles. The van der Waals surface area contributed by atoms with Crippen molar-refractivity contribution in [1.82, 2.24) is 10.2 Å². The fourth-order valence-corrected chi connectivity index (χ4v) is 3.11. The Morgan fingerprint density at radius 1 is 1.32 bits per heavy atom. The van der Waals surface area contributed by atoms with Gasteiger partial charge in [-0.2, -0.15) is 0 Å². The first-order valence-corrected chi connectivity index (χ1v) is 8.11. The molecule has 0 saturated carbocycles. The maximum absolute atomic E-state index is 5.69. The van der Waals surface area contributed by atoms with Gasteiger partial charge in [-0.25, -0.2) is 0 Å². The van der Waals surface area contributed by atoms with Crippen molar-refractivity contribution in [2.24, 2.45) is 0 Å². The molecule has 1 aromatic carbocycles. The summed E-state index contributed by atoms with van der Waals surface area (Å²) in [6.45, 7) is 8.82. The van der Waals surface area contributed by atoms with Gasteiger partial charge in [0, 0.05) is 25.2 Å². The van der Waals surface area contributed by atoms with E-state index in [0.29, 0.717) is 25.3 Å². The van der Waals surface area contributed by atoms with Gasteiger partial charge in [0.1, 0.15) is 13.2 Å². The second kappa shape index (κ2) is 6.75. The summed E-state index contributed by atoms with van der Waals surface area (Å²) in [7, 11) is 1.67. The van der Waals surface area contributed by atoms with Crippen LogP contribution < -0.4 is 19.5 Å². The normalized spacial score (nSPS) is 21.4. The molecular formula is C17H26N2O3. The van der Waals surface area contributed by atoms with Gasteiger partial charge in [-0.3, -0.25) is 4.90 Å². The van der Waals surface area contributed by atoms with Gasteiger partial charge in [-0.1, -0.05) is 0 Å². The van der Waals surface area contributed by atoms with Crippen molar-refractivity contribution in [3.8, 4) is 17.2 Å². The lowest BCUT2D eigenvalue weighted by Gasteiger charge is -2.22. The van der Waals surface area contributed by atoms with Crippen LogP contribution in [-0.4, -0.2) is 50.4 Å². The van der Waals surface area contributed by atoms with E-state index in [1.54, 1.807) is 7.11 Å². The van der Waals surface area contributed by atoms with Crippen molar-refractivity contribution in [3.63, 3.8) is 0 Å². The summed E-state index contributed by atoms with van der Waals surface area (Å²) >= 11 is 0. The van der Waals surface area contributed by atoms with Gasteiger partial charge in [-0.15, -0.1) is 0 Å². The van der Waals surface area contributed by atoms with Crippen molar-refractivity contribution in [1.29, 1.82) is 0 Å². The van der Waals surface area contributed by atoms with E-state index in [1.165, 1.54) is 18.5 Å². The van der Waals surface area contributed by atoms with E-state index < -0.39 is 0 Å². The van der Waals surface area contributed by atoms with Crippen LogP contribution in [0, 0.1) is 0 Å². The van der Waals surface area contributed by atoms with Gasteiger partial charge in [0.25, 0.3) is 0 Å². The standard InChI is InChI=1S/C17H26N2O3/c1-12(2)19-5-4-14(11-19)18-10-13-8-15(20-3)17-16(9-13)21-6-7-22-17/h8-9,12,14,18H,4-7,10-11H2,1-3H3/t14-/m1/s1. The third-order valence-corrected chi connectivity index (χ3v) is 4.43. The Labute approximate surface area is 132 Å². The van der Waals surface area contributed by atoms with Gasteiger partial charge in [0.15, 0.2) is 11.5 Å². The number of methoxy groups -OCH3 is 1. The highest BCUT2D eigenvalue weighted by atomic mass is 16.6. The van der Waals surface area contributed by atoms with Crippen LogP contribution in [0.3, 0.4) is 0 Å². The summed E-state index contributed by atoms with van der Waals surface area (Å²) in [5.41, 5.74) is 1.17. The lowest BCUT2D eigenvalue weighted by Crippen LogP contribution is -2.34. The molecule has 2 aliphatic rings. The summed E-state index contributed by atoms with van der Waals surface area (Å²) in [4.78, 5) is 2.52. The van der Waals surface area contributed by atoms with E-state index in [1.807, 2.05) is 6.07 Å². The first-order valence-electron chi connectivity index (χ1n) is 8.11. The maximum Gasteiger partial charge on any atom is 0.203 e. The number of fused-ring (bicyclic) bond motifs is 1. The summed E-state index contributed by atoms with van der Waals surface area (Å²) in [5, 5.41) is 3.65. The maximum atomic E-state index is 5.69. The van der Waals surface area contributed by atoms with Crippen LogP contribution in [0.1, 0.15) is 25.8 Å². The molecule has 122 valence electrons. The number of nitrogens with one attached hydrogen (secondary N) is 1. The Hall–Kier alpha value is -1.46. The minimum Gasteiger partial charge on any atom is -0.493 e. The van der Waals surface area contributed by atoms with Crippen LogP contribution >= 0.6 is 0 Å². The Bertz CT molecular complexity index is 502. The predicted molar refractivity (Wildman–Crippen MR) is 85.9 cm³/mol. The van der Waals surface area contributed by atoms with Gasteiger partial charge in [-0.05, 0) is 44.5 Å². The Morgan fingerprint density at radius 3 is 2.86 bits per heavy atom. The number of nitrogens with zero attached hydrogens (tertiary/aromatic N) is 1. The topological polar surface area (TPSA) is 43.0 Å². The molecule has 5 nitrogen and oxygen atoms in total. The molecule has 22 heavy (non-hydrogen) atoms. The van der Waals surface area contributed by atoms with Gasteiger partial charge < -0.3 is 19.5 Å². The van der Waals surface area contributed by atoms with E-state index in [9.17, 15) is 0 Å². The number of hydrogen-bond donors (Lipinski definition) is 1. The molecule has 2 heterocycles. The quantitative estimate of drug-likeness (QED) is 0.902. The molecule has 0 aliphatic carbocycles. The zero-order chi connectivity index (χ0) is 15.5. The van der Waals surface area contributed by atoms with E-state index in [2.05, 4.69) is 30.1 Å². The second-order valence-corrected chi connectivity index (χ2v) is 6.28. The van der Waals surface area contributed by atoms with E-state index in [0.717, 1.165) is 30.3 Å². The highest BCUT2D eigenvalue weighted by Crippen LogP contribution is 2.40. The largest absolute Gasteiger partial charge is 0.493 e. The minimum atomic E-state index is 0.557. The smallest absolute Gasteiger partial charge is 0.203 e. The van der Waals surface area contributed by atoms with E-state index in [4.69, 9.17) is 14.2 Å². The van der Waals surface area contributed by atoms with Crippen LogP contribution in [-0.2, 0) is 6.54 Å². The van der Waals surface area contributed by atoms with Crippen LogP contribution in [0.25, 0.3) is 0 Å². The fraction of sp³-hybridized carbons (Fsp3) is 0.647. The van der Waals surface area contributed by atoms with Crippen LogP contribution in [0.4, 0.5) is 0 Å². The lowest BCUT2D eigenvalue weighted by molar-refractivity contribution is 0.165. The minimum absolute atomic E-state index is 0.557. The van der Waals surface area contributed by atoms with E-state index >= 15 is 0 Å². The highest BCUT2D eigenvalue weighted by molar-refractivity contribution is 5.54. The molecule has 1 saturated heterocycles. The molecule has 0 aromatic heterocycles. The molecule has 1 N–H and O–H groups in total. The van der Waals surface area contributed by atoms with Crippen LogP contribution in [0.2, 0.25) is 0 Å². The molecule has 1 fully saturated rings. The third-order valence-electron chi connectivity index (χ3n) is 4.43. The molecule has 1 atom stereocenters. The van der Waals surface area contributed by atoms with Gasteiger partial charge in [0.2, 0.25) is 5.75 Å². The van der Waals surface area contributed by atoms with E-state index in [-0.39, 0.29) is 0 Å². The number of likely N-dealkylation sites (tertiary alicyclic amines) is 1. The molecule has 1 aromatic rings. The summed E-state index contributed by atoms with van der Waals surface area (Å²) in [6, 6.07) is 5.28. The fourth-order valence-electron chi connectivity index (χ4n) is 3.11. The van der Waals surface area contributed by atoms with Gasteiger partial charge >= 0.3 is 0 Å². The average Bonchev–Trinajstić information content (AvgIpc) is 3.01. The molecule has 0 radical (unpaired) electrons. The lowest BCUT2D eigenvalue weighted by atomic mass is 10.1. The number of benzene rings is 1. The molecule has 0 bridgehead atoms. The third kappa shape index (κ3) is 3.31. The summed E-state index contributed by atoms with van der Waals surface area (Å²) in [6.07, 6.45) is 1.21. The van der Waals surface area contributed by atoms with Crippen molar-refractivity contribution < 1.29 is 14.2 Å². The van der Waals surface area contributed by atoms with Crippen molar-refractivity contribution in [2.75, 3.05) is 33.4 Å². The molecule has 5 heteroatoms. The van der Waals surface area contributed by atoms with Crippen LogP contribution in [0.15, 0.2) is 12.1 Å². The number of rotatable bonds is 5. The second-order valence-electron chi connectivity index (χ2n) is 6.28. The van der Waals surface area contributed by atoms with Crippen LogP contribution in [0.5, 0.6) is 17.2 Å². The Morgan fingerprint density at radius 2 is 2.14 bits per heavy atom. The van der Waals surface area contributed by atoms with Gasteiger partial charge in [0.05, 0.1) is 7.11 Å². The van der Waals surface area contributed by atoms with Crippen molar-refractivity contribution >= 4 is 0 Å². The summed E-state index contributed by atoms with van der Waals surface area (Å²) < 4.78 is 16.8. The molecular weight excluding hydrogens is 280 g/mol. The molecule has 0 spiro atoms. The SMILES string of the molecule is COc1cc(CN[C@@H]2CCN(C(C)C)C2)cc2c1OCCO2. The molecule has 0 amide bonds. The molecule has 3 rings (SSSR count). The first-order chi connectivity index (χ1) is 10.7. The first kappa shape index (κ1) is 15.4. The number of ether oxygens (including phenoxy) is 3. The monoisotopic (exact) mass is 306 g/mol. The zero-order valence-corrected chi connectivity index (χ0v) is 13.7. The Kier molecular flexibility index (Phi) is 4.74. The highest BCUT2D eigenvalue weighted by Gasteiger charge is 2.24. The Balaban J connectivity index is 1.63.